The van der Waals surface area contributed by atoms with Crippen molar-refractivity contribution in [3.05, 3.63) is 28.6 Å². The van der Waals surface area contributed by atoms with E-state index in [9.17, 15) is 4.79 Å². The molecule has 2 aromatic heterocycles. The average Bonchev–Trinajstić information content (AvgIpc) is 2.99. The zero-order valence-corrected chi connectivity index (χ0v) is 18.3. The minimum Gasteiger partial charge on any atom is -0.347 e. The summed E-state index contributed by atoms with van der Waals surface area (Å²) >= 11 is 3.46. The predicted molar refractivity (Wildman–Crippen MR) is 113 cm³/mol. The molecule has 0 aliphatic carbocycles. The highest BCUT2D eigenvalue weighted by molar-refractivity contribution is 9.10. The first-order valence-corrected chi connectivity index (χ1v) is 10.9. The van der Waals surface area contributed by atoms with Crippen LogP contribution in [0.1, 0.15) is 69.8 Å². The highest BCUT2D eigenvalue weighted by Gasteiger charge is 2.20. The highest BCUT2D eigenvalue weighted by Crippen LogP contribution is 2.20. The fraction of sp³-hybridized carbons (Fsp3) is 0.650. The molecule has 0 aliphatic rings. The number of amides is 1. The summed E-state index contributed by atoms with van der Waals surface area (Å²) in [6.45, 7) is 9.58. The molecule has 7 heteroatoms. The van der Waals surface area contributed by atoms with Crippen LogP contribution < -0.4 is 5.32 Å². The van der Waals surface area contributed by atoms with Gasteiger partial charge in [0.25, 0.3) is 5.91 Å². The molecule has 0 bridgehead atoms. The van der Waals surface area contributed by atoms with Crippen molar-refractivity contribution < 1.29 is 4.79 Å². The van der Waals surface area contributed by atoms with Crippen molar-refractivity contribution in [2.24, 2.45) is 0 Å². The first-order chi connectivity index (χ1) is 13.1. The fourth-order valence-corrected chi connectivity index (χ4v) is 3.74. The number of unbranched alkanes of at least 4 members (excludes halogenated alkanes) is 4. The predicted octanol–water partition coefficient (Wildman–Crippen LogP) is 4.29. The quantitative estimate of drug-likeness (QED) is 0.502. The topological polar surface area (TPSA) is 62.5 Å². The first-order valence-electron chi connectivity index (χ1n) is 10.1. The number of carbonyl (C=O) groups excluding carboxylic acids is 1. The lowest BCUT2D eigenvalue weighted by Gasteiger charge is -2.26. The van der Waals surface area contributed by atoms with Gasteiger partial charge in [-0.2, -0.15) is 5.10 Å². The largest absolute Gasteiger partial charge is 0.347 e. The van der Waals surface area contributed by atoms with Gasteiger partial charge in [-0.1, -0.05) is 39.5 Å². The van der Waals surface area contributed by atoms with Crippen LogP contribution >= 0.6 is 15.9 Å². The SMILES string of the molecule is CCCCCN(CCCCC)CC(C)NC(=O)c1nn2cccnc2c1Br. The van der Waals surface area contributed by atoms with Gasteiger partial charge >= 0.3 is 0 Å². The summed E-state index contributed by atoms with van der Waals surface area (Å²) in [6, 6.07) is 1.85. The Labute approximate surface area is 170 Å². The first kappa shape index (κ1) is 21.8. The maximum Gasteiger partial charge on any atom is 0.273 e. The Morgan fingerprint density at radius 2 is 1.89 bits per heavy atom. The number of carbonyl (C=O) groups is 1. The van der Waals surface area contributed by atoms with Crippen molar-refractivity contribution in [1.29, 1.82) is 0 Å². The van der Waals surface area contributed by atoms with Crippen molar-refractivity contribution in [3.8, 4) is 0 Å². The molecule has 27 heavy (non-hydrogen) atoms. The van der Waals surface area contributed by atoms with E-state index in [1.54, 1.807) is 23.0 Å². The van der Waals surface area contributed by atoms with Crippen LogP contribution in [0.2, 0.25) is 0 Å². The molecule has 0 saturated heterocycles. The summed E-state index contributed by atoms with van der Waals surface area (Å²) in [7, 11) is 0. The van der Waals surface area contributed by atoms with Gasteiger partial charge in [-0.05, 0) is 54.9 Å². The van der Waals surface area contributed by atoms with Crippen molar-refractivity contribution in [2.75, 3.05) is 19.6 Å². The van der Waals surface area contributed by atoms with E-state index in [4.69, 9.17) is 0 Å². The molecule has 2 heterocycles. The van der Waals surface area contributed by atoms with Crippen LogP contribution in [0.4, 0.5) is 0 Å². The second-order valence-corrected chi connectivity index (χ2v) is 7.93. The van der Waals surface area contributed by atoms with Gasteiger partial charge in [-0.3, -0.25) is 4.79 Å². The lowest BCUT2D eigenvalue weighted by atomic mass is 10.2. The van der Waals surface area contributed by atoms with Gasteiger partial charge in [0, 0.05) is 25.0 Å². The molecule has 150 valence electrons. The summed E-state index contributed by atoms with van der Waals surface area (Å²) in [5.41, 5.74) is 1.03. The molecular formula is C20H32BrN5O. The molecule has 0 radical (unpaired) electrons. The third-order valence-corrected chi connectivity index (χ3v) is 5.35. The third-order valence-electron chi connectivity index (χ3n) is 4.62. The van der Waals surface area contributed by atoms with Gasteiger partial charge in [0.15, 0.2) is 11.3 Å². The van der Waals surface area contributed by atoms with Crippen molar-refractivity contribution in [3.63, 3.8) is 0 Å². The second kappa shape index (κ2) is 11.4. The number of hydrogen-bond donors (Lipinski definition) is 1. The molecule has 1 N–H and O–H groups in total. The van der Waals surface area contributed by atoms with Gasteiger partial charge in [-0.25, -0.2) is 9.50 Å². The molecule has 0 aliphatic heterocycles. The Kier molecular flexibility index (Phi) is 9.21. The minimum absolute atomic E-state index is 0.0606. The zero-order chi connectivity index (χ0) is 19.6. The molecule has 2 aromatic rings. The molecule has 6 nitrogen and oxygen atoms in total. The number of hydrogen-bond acceptors (Lipinski definition) is 4. The van der Waals surface area contributed by atoms with E-state index < -0.39 is 0 Å². The second-order valence-electron chi connectivity index (χ2n) is 7.14. The van der Waals surface area contributed by atoms with E-state index in [0.717, 1.165) is 19.6 Å². The van der Waals surface area contributed by atoms with Crippen LogP contribution in [0, 0.1) is 0 Å². The molecule has 1 amide bonds. The van der Waals surface area contributed by atoms with Crippen LogP contribution in [0.3, 0.4) is 0 Å². The number of nitrogens with zero attached hydrogens (tertiary/aromatic N) is 4. The van der Waals surface area contributed by atoms with E-state index in [1.165, 1.54) is 38.5 Å². The smallest absolute Gasteiger partial charge is 0.273 e. The van der Waals surface area contributed by atoms with Gasteiger partial charge in [-0.15, -0.1) is 0 Å². The van der Waals surface area contributed by atoms with Crippen LogP contribution in [0.5, 0.6) is 0 Å². The molecule has 1 atom stereocenters. The van der Waals surface area contributed by atoms with Crippen LogP contribution in [-0.4, -0.2) is 51.1 Å². The minimum atomic E-state index is -0.165. The van der Waals surface area contributed by atoms with Crippen LogP contribution in [0.15, 0.2) is 22.9 Å². The number of nitrogens with one attached hydrogen (secondary N) is 1. The summed E-state index contributed by atoms with van der Waals surface area (Å²) in [5, 5.41) is 7.44. The van der Waals surface area contributed by atoms with Crippen LogP contribution in [-0.2, 0) is 0 Å². The Bertz CT molecular complexity index is 707. The number of fused-ring (bicyclic) bond motifs is 1. The number of aromatic nitrogens is 3. The Morgan fingerprint density at radius 1 is 1.22 bits per heavy atom. The van der Waals surface area contributed by atoms with Gasteiger partial charge < -0.3 is 10.2 Å². The fourth-order valence-electron chi connectivity index (χ4n) is 3.19. The maximum atomic E-state index is 12.7. The summed E-state index contributed by atoms with van der Waals surface area (Å²) in [4.78, 5) is 19.4. The Balaban J connectivity index is 1.94. The maximum absolute atomic E-state index is 12.7. The standard InChI is InChI=1S/C20H32BrN5O/c1-4-6-8-12-25(13-9-7-5-2)15-16(3)23-20(27)18-17(21)19-22-11-10-14-26(19)24-18/h10-11,14,16H,4-9,12-13,15H2,1-3H3,(H,23,27). The molecular weight excluding hydrogens is 406 g/mol. The lowest BCUT2D eigenvalue weighted by Crippen LogP contribution is -2.43. The summed E-state index contributed by atoms with van der Waals surface area (Å²) in [6.07, 6.45) is 10.9. The number of halogens is 1. The van der Waals surface area contributed by atoms with Crippen molar-refractivity contribution in [2.45, 2.75) is 65.3 Å². The van der Waals surface area contributed by atoms with E-state index in [1.807, 2.05) is 0 Å². The van der Waals surface area contributed by atoms with E-state index >= 15 is 0 Å². The molecule has 0 spiro atoms. The van der Waals surface area contributed by atoms with Crippen molar-refractivity contribution >= 4 is 27.5 Å². The summed E-state index contributed by atoms with van der Waals surface area (Å²) < 4.78 is 2.25. The third kappa shape index (κ3) is 6.57. The average molecular weight is 438 g/mol. The van der Waals surface area contributed by atoms with Crippen molar-refractivity contribution in [1.82, 2.24) is 24.8 Å². The summed E-state index contributed by atoms with van der Waals surface area (Å²) in [5.74, 6) is -0.165. The highest BCUT2D eigenvalue weighted by atomic mass is 79.9. The van der Waals surface area contributed by atoms with Gasteiger partial charge in [0.05, 0.1) is 4.47 Å². The van der Waals surface area contributed by atoms with E-state index in [0.29, 0.717) is 15.8 Å². The molecule has 0 saturated carbocycles. The Morgan fingerprint density at radius 3 is 2.48 bits per heavy atom. The monoisotopic (exact) mass is 437 g/mol. The van der Waals surface area contributed by atoms with Crippen LogP contribution in [0.25, 0.3) is 5.65 Å². The van der Waals surface area contributed by atoms with E-state index in [2.05, 4.69) is 57.0 Å². The van der Waals surface area contributed by atoms with E-state index in [-0.39, 0.29) is 11.9 Å². The normalized spacial score (nSPS) is 12.6. The Hall–Kier alpha value is -1.47. The number of rotatable bonds is 12. The zero-order valence-electron chi connectivity index (χ0n) is 16.7. The molecule has 0 fully saturated rings. The molecule has 2 rings (SSSR count). The molecule has 1 unspecified atom stereocenters. The lowest BCUT2D eigenvalue weighted by molar-refractivity contribution is 0.0922. The molecule has 0 aromatic carbocycles. The van der Waals surface area contributed by atoms with Gasteiger partial charge in [0.2, 0.25) is 0 Å². The van der Waals surface area contributed by atoms with Gasteiger partial charge in [0.1, 0.15) is 0 Å².